The molecule has 1 aromatic heterocycles. The van der Waals surface area contributed by atoms with Gasteiger partial charge in [0.1, 0.15) is 5.75 Å². The highest BCUT2D eigenvalue weighted by Gasteiger charge is 2.23. The summed E-state index contributed by atoms with van der Waals surface area (Å²) in [7, 11) is 0. The van der Waals surface area contributed by atoms with E-state index in [2.05, 4.69) is 10.3 Å². The monoisotopic (exact) mass is 376 g/mol. The van der Waals surface area contributed by atoms with Crippen LogP contribution in [0.25, 0.3) is 0 Å². The minimum atomic E-state index is -1.83. The number of nitrogens with one attached hydrogen (secondary N) is 1. The normalized spacial score (nSPS) is 10.5. The van der Waals surface area contributed by atoms with Crippen molar-refractivity contribution in [1.29, 1.82) is 0 Å². The largest absolute Gasteiger partial charge is 0.451 e. The summed E-state index contributed by atoms with van der Waals surface area (Å²) in [5.41, 5.74) is 1.02. The van der Waals surface area contributed by atoms with Gasteiger partial charge in [0.05, 0.1) is 0 Å². The number of ether oxygens (including phenoxy) is 1. The second kappa shape index (κ2) is 7.86. The highest BCUT2D eigenvalue weighted by molar-refractivity contribution is 5.94. The molecule has 1 N–H and O–H groups in total. The lowest BCUT2D eigenvalue weighted by atomic mass is 10.2. The van der Waals surface area contributed by atoms with Crippen LogP contribution >= 0.6 is 0 Å². The van der Waals surface area contributed by atoms with Crippen molar-refractivity contribution in [3.8, 4) is 11.5 Å². The molecule has 2 aromatic carbocycles. The first-order chi connectivity index (χ1) is 13.0. The molecule has 0 aliphatic heterocycles. The van der Waals surface area contributed by atoms with Crippen LogP contribution in [-0.4, -0.2) is 10.9 Å². The number of benzene rings is 2. The molecule has 0 radical (unpaired) electrons. The summed E-state index contributed by atoms with van der Waals surface area (Å²) in [5.74, 6) is -9.12. The van der Waals surface area contributed by atoms with E-state index >= 15 is 0 Å². The Morgan fingerprint density at radius 1 is 0.926 bits per heavy atom. The zero-order valence-electron chi connectivity index (χ0n) is 13.7. The van der Waals surface area contributed by atoms with Gasteiger partial charge in [0.25, 0.3) is 17.8 Å². The molecule has 3 aromatic rings. The van der Waals surface area contributed by atoms with Crippen LogP contribution in [0.5, 0.6) is 11.5 Å². The maximum absolute atomic E-state index is 13.6. The lowest BCUT2D eigenvalue weighted by Crippen LogP contribution is -2.22. The van der Waals surface area contributed by atoms with Crippen molar-refractivity contribution in [3.05, 3.63) is 89.3 Å². The first-order valence-corrected chi connectivity index (χ1v) is 7.75. The van der Waals surface area contributed by atoms with Crippen LogP contribution in [0.3, 0.4) is 0 Å². The van der Waals surface area contributed by atoms with E-state index in [0.717, 1.165) is 5.56 Å². The summed E-state index contributed by atoms with van der Waals surface area (Å²) in [5, 5.41) is 2.67. The van der Waals surface area contributed by atoms with Gasteiger partial charge in [0.15, 0.2) is 0 Å². The molecule has 138 valence electrons. The fraction of sp³-hybridized carbons (Fsp3) is 0.0526. The van der Waals surface area contributed by atoms with E-state index < -0.39 is 35.2 Å². The Hall–Kier alpha value is -3.42. The molecular formula is C19H12F4N2O2. The molecule has 1 amide bonds. The quantitative estimate of drug-likeness (QED) is 0.532. The number of pyridine rings is 1. The van der Waals surface area contributed by atoms with Gasteiger partial charge in [-0.2, -0.15) is 22.5 Å². The Morgan fingerprint density at radius 2 is 1.59 bits per heavy atom. The van der Waals surface area contributed by atoms with E-state index in [9.17, 15) is 22.4 Å². The average molecular weight is 376 g/mol. The predicted molar refractivity (Wildman–Crippen MR) is 88.2 cm³/mol. The van der Waals surface area contributed by atoms with Crippen LogP contribution in [0.15, 0.2) is 54.6 Å². The van der Waals surface area contributed by atoms with Crippen LogP contribution in [0.4, 0.5) is 17.6 Å². The lowest BCUT2D eigenvalue weighted by Gasteiger charge is -2.10. The third-order valence-corrected chi connectivity index (χ3v) is 3.57. The molecule has 3 rings (SSSR count). The third-order valence-electron chi connectivity index (χ3n) is 3.57. The first kappa shape index (κ1) is 18.4. The van der Waals surface area contributed by atoms with Crippen molar-refractivity contribution in [2.24, 2.45) is 0 Å². The SMILES string of the molecule is O=C(NCc1ccccc1)c1cccc(Oc2c(F)c(F)nc(F)c2F)c1. The number of aromatic nitrogens is 1. The molecule has 0 bridgehead atoms. The number of nitrogens with zero attached hydrogens (tertiary/aromatic N) is 1. The van der Waals surface area contributed by atoms with Crippen molar-refractivity contribution in [1.82, 2.24) is 10.3 Å². The Balaban J connectivity index is 1.77. The summed E-state index contributed by atoms with van der Waals surface area (Å²) in [6.45, 7) is 0.273. The molecule has 27 heavy (non-hydrogen) atoms. The predicted octanol–water partition coefficient (Wildman–Crippen LogP) is 4.36. The number of rotatable bonds is 5. The summed E-state index contributed by atoms with van der Waals surface area (Å²) in [6.07, 6.45) is 0. The second-order valence-electron chi connectivity index (χ2n) is 5.45. The number of halogens is 4. The molecule has 0 fully saturated rings. The van der Waals surface area contributed by atoms with Crippen LogP contribution < -0.4 is 10.1 Å². The van der Waals surface area contributed by atoms with Crippen LogP contribution in [-0.2, 0) is 6.54 Å². The molecule has 8 heteroatoms. The molecule has 0 atom stereocenters. The van der Waals surface area contributed by atoms with E-state index in [1.165, 1.54) is 24.3 Å². The van der Waals surface area contributed by atoms with Crippen molar-refractivity contribution >= 4 is 5.91 Å². The van der Waals surface area contributed by atoms with Crippen LogP contribution in [0.1, 0.15) is 15.9 Å². The van der Waals surface area contributed by atoms with Crippen molar-refractivity contribution in [3.63, 3.8) is 0 Å². The topological polar surface area (TPSA) is 51.2 Å². The third kappa shape index (κ3) is 4.22. The van der Waals surface area contributed by atoms with Crippen LogP contribution in [0, 0.1) is 23.5 Å². The lowest BCUT2D eigenvalue weighted by molar-refractivity contribution is 0.0950. The van der Waals surface area contributed by atoms with Gasteiger partial charge in [-0.15, -0.1) is 0 Å². The maximum Gasteiger partial charge on any atom is 0.255 e. The standard InChI is InChI=1S/C19H12F4N2O2/c20-14-16(15(21)18(23)25-17(14)22)27-13-8-4-7-12(9-13)19(26)24-10-11-5-2-1-3-6-11/h1-9H,10H2,(H,24,26). The molecule has 0 unspecified atom stereocenters. The Morgan fingerprint density at radius 3 is 2.26 bits per heavy atom. The maximum atomic E-state index is 13.6. The number of hydrogen-bond acceptors (Lipinski definition) is 3. The second-order valence-corrected chi connectivity index (χ2v) is 5.45. The number of carbonyl (C=O) groups excluding carboxylic acids is 1. The van der Waals surface area contributed by atoms with Gasteiger partial charge < -0.3 is 10.1 Å². The van der Waals surface area contributed by atoms with Crippen molar-refractivity contribution < 1.29 is 27.1 Å². The molecule has 0 aliphatic rings. The highest BCUT2D eigenvalue weighted by Crippen LogP contribution is 2.29. The first-order valence-electron chi connectivity index (χ1n) is 7.75. The minimum Gasteiger partial charge on any atom is -0.451 e. The zero-order chi connectivity index (χ0) is 19.4. The molecule has 0 saturated heterocycles. The molecule has 4 nitrogen and oxygen atoms in total. The fourth-order valence-electron chi connectivity index (χ4n) is 2.26. The minimum absolute atomic E-state index is 0.138. The average Bonchev–Trinajstić information content (AvgIpc) is 2.69. The molecular weight excluding hydrogens is 364 g/mol. The van der Waals surface area contributed by atoms with Crippen molar-refractivity contribution in [2.75, 3.05) is 0 Å². The van der Waals surface area contributed by atoms with Gasteiger partial charge in [-0.25, -0.2) is 0 Å². The van der Waals surface area contributed by atoms with Crippen LogP contribution in [0.2, 0.25) is 0 Å². The number of carbonyl (C=O) groups is 1. The van der Waals surface area contributed by atoms with E-state index in [-0.39, 0.29) is 17.9 Å². The Kier molecular flexibility index (Phi) is 5.35. The Bertz CT molecular complexity index is 955. The van der Waals surface area contributed by atoms with Gasteiger partial charge in [-0.3, -0.25) is 4.79 Å². The fourth-order valence-corrected chi connectivity index (χ4v) is 2.26. The smallest absolute Gasteiger partial charge is 0.255 e. The van der Waals surface area contributed by atoms with E-state index in [4.69, 9.17) is 4.74 Å². The van der Waals surface area contributed by atoms with E-state index in [0.29, 0.717) is 0 Å². The number of hydrogen-bond donors (Lipinski definition) is 1. The molecule has 1 heterocycles. The van der Waals surface area contributed by atoms with Gasteiger partial charge in [0.2, 0.25) is 17.4 Å². The van der Waals surface area contributed by atoms with Gasteiger partial charge >= 0.3 is 0 Å². The van der Waals surface area contributed by atoms with Crippen molar-refractivity contribution in [2.45, 2.75) is 6.54 Å². The Labute approximate surface area is 151 Å². The van der Waals surface area contributed by atoms with Gasteiger partial charge in [-0.05, 0) is 23.8 Å². The summed E-state index contributed by atoms with van der Waals surface area (Å²) >= 11 is 0. The molecule has 0 aliphatic carbocycles. The highest BCUT2D eigenvalue weighted by atomic mass is 19.2. The van der Waals surface area contributed by atoms with Gasteiger partial charge in [0, 0.05) is 12.1 Å². The zero-order valence-corrected chi connectivity index (χ0v) is 13.7. The summed E-state index contributed by atoms with van der Waals surface area (Å²) in [4.78, 5) is 14.7. The molecule has 0 saturated carbocycles. The van der Waals surface area contributed by atoms with E-state index in [1.54, 1.807) is 0 Å². The van der Waals surface area contributed by atoms with Gasteiger partial charge in [-0.1, -0.05) is 36.4 Å². The summed E-state index contributed by atoms with van der Waals surface area (Å²) in [6, 6.07) is 14.5. The summed E-state index contributed by atoms with van der Waals surface area (Å²) < 4.78 is 58.5. The van der Waals surface area contributed by atoms with E-state index in [1.807, 2.05) is 30.3 Å². The molecule has 0 spiro atoms. The number of amides is 1.